The van der Waals surface area contributed by atoms with Crippen molar-refractivity contribution in [3.05, 3.63) is 59.5 Å². The fourth-order valence-corrected chi connectivity index (χ4v) is 2.35. The van der Waals surface area contributed by atoms with Gasteiger partial charge in [-0.15, -0.1) is 0 Å². The van der Waals surface area contributed by atoms with Gasteiger partial charge in [0.2, 0.25) is 5.91 Å². The molecule has 7 heteroatoms. The van der Waals surface area contributed by atoms with Crippen LogP contribution in [0.15, 0.2) is 47.5 Å². The minimum absolute atomic E-state index is 0.120. The van der Waals surface area contributed by atoms with E-state index in [1.807, 2.05) is 25.1 Å². The van der Waals surface area contributed by atoms with Gasteiger partial charge in [0, 0.05) is 32.3 Å². The molecular weight excluding hydrogens is 333 g/mol. The average Bonchev–Trinajstić information content (AvgIpc) is 2.60. The molecule has 0 radical (unpaired) electrons. The summed E-state index contributed by atoms with van der Waals surface area (Å²) in [5.41, 5.74) is 1.77. The van der Waals surface area contributed by atoms with Gasteiger partial charge < -0.3 is 16.0 Å². The molecule has 3 N–H and O–H groups in total. The largest absolute Gasteiger partial charge is 0.356 e. The van der Waals surface area contributed by atoms with E-state index in [9.17, 15) is 9.18 Å². The second kappa shape index (κ2) is 10.1. The van der Waals surface area contributed by atoms with Crippen molar-refractivity contribution >= 4 is 17.7 Å². The average molecular weight is 357 g/mol. The van der Waals surface area contributed by atoms with Gasteiger partial charge >= 0.3 is 0 Å². The van der Waals surface area contributed by atoms with Crippen molar-refractivity contribution in [2.75, 3.05) is 25.5 Å². The second-order valence-electron chi connectivity index (χ2n) is 5.77. The van der Waals surface area contributed by atoms with Crippen LogP contribution in [0.4, 0.5) is 10.2 Å². The van der Waals surface area contributed by atoms with E-state index in [-0.39, 0.29) is 11.7 Å². The van der Waals surface area contributed by atoms with Crippen LogP contribution in [-0.2, 0) is 11.2 Å². The van der Waals surface area contributed by atoms with Crippen LogP contribution in [0.5, 0.6) is 0 Å². The Balaban J connectivity index is 1.67. The lowest BCUT2D eigenvalue weighted by Crippen LogP contribution is -2.39. The van der Waals surface area contributed by atoms with E-state index in [0.717, 1.165) is 11.3 Å². The number of amides is 1. The third kappa shape index (κ3) is 6.88. The van der Waals surface area contributed by atoms with Crippen molar-refractivity contribution in [1.29, 1.82) is 0 Å². The molecule has 0 bridgehead atoms. The Hall–Kier alpha value is -2.96. The molecule has 26 heavy (non-hydrogen) atoms. The molecule has 1 aromatic heterocycles. The second-order valence-corrected chi connectivity index (χ2v) is 5.77. The standard InChI is InChI=1S/C19H24FN5O/c1-14-5-3-8-17(24-14)25-18(26)10-12-23-19(21-2)22-11-9-15-6-4-7-16(20)13-15/h3-8,13H,9-12H2,1-2H3,(H2,21,22,23)(H,24,25,26). The van der Waals surface area contributed by atoms with E-state index in [2.05, 4.69) is 25.9 Å². The van der Waals surface area contributed by atoms with Crippen LogP contribution in [0, 0.1) is 12.7 Å². The van der Waals surface area contributed by atoms with Crippen molar-refractivity contribution in [2.24, 2.45) is 4.99 Å². The molecule has 2 rings (SSSR count). The summed E-state index contributed by atoms with van der Waals surface area (Å²) in [6.07, 6.45) is 0.970. The number of nitrogens with zero attached hydrogens (tertiary/aromatic N) is 2. The normalized spacial score (nSPS) is 11.1. The zero-order valence-electron chi connectivity index (χ0n) is 15.1. The number of aromatic nitrogens is 1. The molecule has 1 heterocycles. The number of rotatable bonds is 7. The maximum atomic E-state index is 13.1. The van der Waals surface area contributed by atoms with Gasteiger partial charge in [0.1, 0.15) is 11.6 Å². The summed E-state index contributed by atoms with van der Waals surface area (Å²) in [5, 5.41) is 8.98. The fourth-order valence-electron chi connectivity index (χ4n) is 2.35. The highest BCUT2D eigenvalue weighted by Crippen LogP contribution is 2.04. The molecule has 138 valence electrons. The first-order chi connectivity index (χ1) is 12.6. The summed E-state index contributed by atoms with van der Waals surface area (Å²) in [5.74, 6) is 0.792. The lowest BCUT2D eigenvalue weighted by atomic mass is 10.1. The maximum absolute atomic E-state index is 13.1. The summed E-state index contributed by atoms with van der Waals surface area (Å²) in [7, 11) is 1.66. The summed E-state index contributed by atoms with van der Waals surface area (Å²) >= 11 is 0. The van der Waals surface area contributed by atoms with Crippen LogP contribution in [0.2, 0.25) is 0 Å². The van der Waals surface area contributed by atoms with Gasteiger partial charge in [-0.1, -0.05) is 18.2 Å². The Morgan fingerprint density at radius 1 is 1.15 bits per heavy atom. The molecule has 0 spiro atoms. The first-order valence-electron chi connectivity index (χ1n) is 8.49. The van der Waals surface area contributed by atoms with E-state index in [1.165, 1.54) is 12.1 Å². The Bertz CT molecular complexity index is 763. The Morgan fingerprint density at radius 2 is 1.92 bits per heavy atom. The van der Waals surface area contributed by atoms with Gasteiger partial charge in [-0.3, -0.25) is 9.79 Å². The zero-order chi connectivity index (χ0) is 18.8. The third-order valence-corrected chi connectivity index (χ3v) is 3.62. The van der Waals surface area contributed by atoms with Crippen LogP contribution in [0.25, 0.3) is 0 Å². The first kappa shape index (κ1) is 19.4. The highest BCUT2D eigenvalue weighted by molar-refractivity contribution is 5.90. The van der Waals surface area contributed by atoms with Crippen LogP contribution in [-0.4, -0.2) is 37.0 Å². The van der Waals surface area contributed by atoms with Crippen molar-refractivity contribution < 1.29 is 9.18 Å². The van der Waals surface area contributed by atoms with Crippen LogP contribution < -0.4 is 16.0 Å². The Kier molecular flexibility index (Phi) is 7.54. The maximum Gasteiger partial charge on any atom is 0.227 e. The van der Waals surface area contributed by atoms with Crippen LogP contribution >= 0.6 is 0 Å². The zero-order valence-corrected chi connectivity index (χ0v) is 15.1. The van der Waals surface area contributed by atoms with Crippen molar-refractivity contribution in [2.45, 2.75) is 19.8 Å². The smallest absolute Gasteiger partial charge is 0.227 e. The SMILES string of the molecule is CN=C(NCCC(=O)Nc1cccc(C)n1)NCCc1cccc(F)c1. The number of guanidine groups is 1. The van der Waals surface area contributed by atoms with Gasteiger partial charge in [-0.05, 0) is 43.2 Å². The molecule has 0 aliphatic heterocycles. The van der Waals surface area contributed by atoms with Crippen LogP contribution in [0.3, 0.4) is 0 Å². The van der Waals surface area contributed by atoms with E-state index >= 15 is 0 Å². The molecule has 0 saturated heterocycles. The number of aliphatic imine (C=N–C) groups is 1. The number of hydrogen-bond acceptors (Lipinski definition) is 3. The molecule has 0 saturated carbocycles. The fraction of sp³-hybridized carbons (Fsp3) is 0.316. The van der Waals surface area contributed by atoms with E-state index in [4.69, 9.17) is 0 Å². The monoisotopic (exact) mass is 357 g/mol. The molecule has 0 aliphatic rings. The van der Waals surface area contributed by atoms with Gasteiger partial charge in [-0.2, -0.15) is 0 Å². The number of benzene rings is 1. The number of carbonyl (C=O) groups is 1. The molecule has 0 unspecified atom stereocenters. The predicted octanol–water partition coefficient (Wildman–Crippen LogP) is 2.27. The van der Waals surface area contributed by atoms with Crippen LogP contribution in [0.1, 0.15) is 17.7 Å². The molecule has 1 amide bonds. The summed E-state index contributed by atoms with van der Waals surface area (Å²) < 4.78 is 13.1. The lowest BCUT2D eigenvalue weighted by molar-refractivity contribution is -0.116. The van der Waals surface area contributed by atoms with E-state index in [1.54, 1.807) is 19.2 Å². The lowest BCUT2D eigenvalue weighted by Gasteiger charge is -2.12. The highest BCUT2D eigenvalue weighted by atomic mass is 19.1. The first-order valence-corrected chi connectivity index (χ1v) is 8.49. The number of hydrogen-bond donors (Lipinski definition) is 3. The number of aryl methyl sites for hydroxylation is 1. The molecular formula is C19H24FN5O. The number of nitrogens with one attached hydrogen (secondary N) is 3. The minimum Gasteiger partial charge on any atom is -0.356 e. The number of anilines is 1. The molecule has 0 fully saturated rings. The summed E-state index contributed by atoms with van der Waals surface area (Å²) in [4.78, 5) is 20.3. The number of halogens is 1. The van der Waals surface area contributed by atoms with Gasteiger partial charge in [0.25, 0.3) is 0 Å². The number of carbonyl (C=O) groups excluding carboxylic acids is 1. The van der Waals surface area contributed by atoms with E-state index < -0.39 is 0 Å². The van der Waals surface area contributed by atoms with E-state index in [0.29, 0.717) is 37.7 Å². The van der Waals surface area contributed by atoms with Gasteiger partial charge in [0.05, 0.1) is 0 Å². The van der Waals surface area contributed by atoms with Crippen molar-refractivity contribution in [3.63, 3.8) is 0 Å². The number of pyridine rings is 1. The predicted molar refractivity (Wildman–Crippen MR) is 102 cm³/mol. The molecule has 2 aromatic rings. The van der Waals surface area contributed by atoms with Crippen molar-refractivity contribution in [1.82, 2.24) is 15.6 Å². The molecule has 0 atom stereocenters. The summed E-state index contributed by atoms with van der Waals surface area (Å²) in [6.45, 7) is 2.93. The Morgan fingerprint density at radius 3 is 2.65 bits per heavy atom. The van der Waals surface area contributed by atoms with Gasteiger partial charge in [0.15, 0.2) is 5.96 Å². The minimum atomic E-state index is -0.237. The Labute approximate surface area is 152 Å². The highest BCUT2D eigenvalue weighted by Gasteiger charge is 2.04. The topological polar surface area (TPSA) is 78.4 Å². The third-order valence-electron chi connectivity index (χ3n) is 3.62. The quantitative estimate of drug-likeness (QED) is 0.525. The molecule has 6 nitrogen and oxygen atoms in total. The molecule has 0 aliphatic carbocycles. The summed E-state index contributed by atoms with van der Waals surface area (Å²) in [6, 6.07) is 12.0. The molecule has 1 aromatic carbocycles. The van der Waals surface area contributed by atoms with Crippen molar-refractivity contribution in [3.8, 4) is 0 Å². The van der Waals surface area contributed by atoms with Gasteiger partial charge in [-0.25, -0.2) is 9.37 Å².